The number of hydrogen-bond donors (Lipinski definition) is 0. The number of ether oxygens (including phenoxy) is 1. The average molecular weight is 190 g/mol. The summed E-state index contributed by atoms with van der Waals surface area (Å²) in [6.45, 7) is 2.82. The minimum Gasteiger partial charge on any atom is -0.384 e. The minimum atomic E-state index is 0.756. The van der Waals surface area contributed by atoms with Crippen LogP contribution in [0.2, 0.25) is 0 Å². The maximum Gasteiger partial charge on any atom is 0.0690 e. The Hall–Kier alpha value is -1.35. The molecule has 0 saturated carbocycles. The van der Waals surface area contributed by atoms with Crippen molar-refractivity contribution in [1.82, 2.24) is 9.61 Å². The molecule has 2 aromatic rings. The first-order valence-corrected chi connectivity index (χ1v) is 4.73. The van der Waals surface area contributed by atoms with E-state index in [4.69, 9.17) is 4.74 Å². The Bertz CT molecular complexity index is 434. The summed E-state index contributed by atoms with van der Waals surface area (Å²) in [6.07, 6.45) is 4.88. The molecule has 2 heterocycles. The summed E-state index contributed by atoms with van der Waals surface area (Å²) >= 11 is 0. The van der Waals surface area contributed by atoms with Crippen LogP contribution in [0.15, 0.2) is 24.5 Å². The van der Waals surface area contributed by atoms with Crippen LogP contribution in [0.25, 0.3) is 5.52 Å². The van der Waals surface area contributed by atoms with Crippen molar-refractivity contribution in [1.29, 1.82) is 0 Å². The summed E-state index contributed by atoms with van der Waals surface area (Å²) in [6, 6.07) is 4.23. The lowest BCUT2D eigenvalue weighted by molar-refractivity contribution is 0.202. The lowest BCUT2D eigenvalue weighted by Gasteiger charge is -2.01. The monoisotopic (exact) mass is 190 g/mol. The van der Waals surface area contributed by atoms with Gasteiger partial charge < -0.3 is 4.74 Å². The molecular weight excluding hydrogens is 176 g/mol. The quantitative estimate of drug-likeness (QED) is 0.738. The molecule has 0 unspecified atom stereocenters. The van der Waals surface area contributed by atoms with Gasteiger partial charge in [-0.15, -0.1) is 0 Å². The van der Waals surface area contributed by atoms with Gasteiger partial charge in [-0.1, -0.05) is 6.07 Å². The van der Waals surface area contributed by atoms with Crippen LogP contribution in [0.5, 0.6) is 0 Å². The van der Waals surface area contributed by atoms with Crippen molar-refractivity contribution in [3.63, 3.8) is 0 Å². The van der Waals surface area contributed by atoms with Gasteiger partial charge in [0.25, 0.3) is 0 Å². The second-order valence-electron chi connectivity index (χ2n) is 3.44. The predicted molar refractivity (Wildman–Crippen MR) is 55.5 cm³/mol. The highest BCUT2D eigenvalue weighted by Gasteiger charge is 1.99. The topological polar surface area (TPSA) is 26.5 Å². The van der Waals surface area contributed by atoms with E-state index >= 15 is 0 Å². The van der Waals surface area contributed by atoms with Gasteiger partial charge in [0.2, 0.25) is 0 Å². The van der Waals surface area contributed by atoms with E-state index in [0.29, 0.717) is 0 Å². The molecule has 0 amide bonds. The first-order valence-electron chi connectivity index (χ1n) is 4.73. The Balaban J connectivity index is 2.32. The fourth-order valence-electron chi connectivity index (χ4n) is 1.52. The maximum absolute atomic E-state index is 5.03. The van der Waals surface area contributed by atoms with E-state index in [2.05, 4.69) is 30.4 Å². The highest BCUT2D eigenvalue weighted by atomic mass is 16.5. The van der Waals surface area contributed by atoms with Gasteiger partial charge in [-0.25, -0.2) is 4.52 Å². The van der Waals surface area contributed by atoms with Gasteiger partial charge in [-0.2, -0.15) is 5.10 Å². The number of methoxy groups -OCH3 is 1. The van der Waals surface area contributed by atoms with Gasteiger partial charge in [0.15, 0.2) is 0 Å². The number of hydrogen-bond acceptors (Lipinski definition) is 2. The van der Waals surface area contributed by atoms with Crippen LogP contribution in [-0.4, -0.2) is 23.3 Å². The second kappa shape index (κ2) is 3.80. The normalized spacial score (nSPS) is 11.0. The van der Waals surface area contributed by atoms with Crippen LogP contribution >= 0.6 is 0 Å². The predicted octanol–water partition coefficient (Wildman–Crippen LogP) is 1.83. The Labute approximate surface area is 83.3 Å². The third kappa shape index (κ3) is 1.63. The van der Waals surface area contributed by atoms with Crippen LogP contribution in [0.1, 0.15) is 11.1 Å². The SMILES string of the molecule is COCCc1ccc2c(C)cnn2c1. The number of nitrogens with zero attached hydrogens (tertiary/aromatic N) is 2. The fraction of sp³-hybridized carbons (Fsp3) is 0.364. The molecule has 74 valence electrons. The van der Waals surface area contributed by atoms with Crippen LogP contribution < -0.4 is 0 Å². The van der Waals surface area contributed by atoms with E-state index in [-0.39, 0.29) is 0 Å². The van der Waals surface area contributed by atoms with Gasteiger partial charge >= 0.3 is 0 Å². The van der Waals surface area contributed by atoms with Gasteiger partial charge in [0, 0.05) is 13.3 Å². The Kier molecular flexibility index (Phi) is 2.50. The minimum absolute atomic E-state index is 0.756. The van der Waals surface area contributed by atoms with E-state index in [0.717, 1.165) is 13.0 Å². The third-order valence-electron chi connectivity index (χ3n) is 2.36. The zero-order chi connectivity index (χ0) is 9.97. The van der Waals surface area contributed by atoms with E-state index in [1.54, 1.807) is 7.11 Å². The first-order chi connectivity index (χ1) is 6.81. The fourth-order valence-corrected chi connectivity index (χ4v) is 1.52. The van der Waals surface area contributed by atoms with Crippen LogP contribution in [-0.2, 0) is 11.2 Å². The van der Waals surface area contributed by atoms with E-state index in [1.807, 2.05) is 10.7 Å². The van der Waals surface area contributed by atoms with Crippen LogP contribution in [0.4, 0.5) is 0 Å². The van der Waals surface area contributed by atoms with E-state index < -0.39 is 0 Å². The molecule has 0 aliphatic carbocycles. The van der Waals surface area contributed by atoms with Crippen molar-refractivity contribution in [2.24, 2.45) is 0 Å². The number of fused-ring (bicyclic) bond motifs is 1. The molecule has 0 saturated heterocycles. The molecule has 0 bridgehead atoms. The highest BCUT2D eigenvalue weighted by Crippen LogP contribution is 2.10. The molecule has 0 radical (unpaired) electrons. The largest absolute Gasteiger partial charge is 0.384 e. The molecule has 14 heavy (non-hydrogen) atoms. The van der Waals surface area contributed by atoms with Crippen LogP contribution in [0.3, 0.4) is 0 Å². The molecule has 0 aliphatic rings. The number of aryl methyl sites for hydroxylation is 1. The summed E-state index contributed by atoms with van der Waals surface area (Å²) in [5.41, 5.74) is 3.64. The zero-order valence-electron chi connectivity index (χ0n) is 8.53. The van der Waals surface area contributed by atoms with Crippen molar-refractivity contribution in [2.75, 3.05) is 13.7 Å². The second-order valence-corrected chi connectivity index (χ2v) is 3.44. The van der Waals surface area contributed by atoms with Crippen molar-refractivity contribution < 1.29 is 4.74 Å². The summed E-state index contributed by atoms with van der Waals surface area (Å²) in [4.78, 5) is 0. The standard InChI is InChI=1S/C11H14N2O/c1-9-7-12-13-8-10(5-6-14-2)3-4-11(9)13/h3-4,7-8H,5-6H2,1-2H3. The lowest BCUT2D eigenvalue weighted by atomic mass is 10.2. The van der Waals surface area contributed by atoms with Gasteiger partial charge in [-0.05, 0) is 30.5 Å². The molecule has 0 spiro atoms. The number of rotatable bonds is 3. The molecule has 0 aliphatic heterocycles. The van der Waals surface area contributed by atoms with E-state index in [1.165, 1.54) is 16.6 Å². The van der Waals surface area contributed by atoms with Crippen molar-refractivity contribution in [3.8, 4) is 0 Å². The summed E-state index contributed by atoms with van der Waals surface area (Å²) in [7, 11) is 1.72. The highest BCUT2D eigenvalue weighted by molar-refractivity contribution is 5.53. The smallest absolute Gasteiger partial charge is 0.0690 e. The zero-order valence-corrected chi connectivity index (χ0v) is 8.53. The summed E-state index contributed by atoms with van der Waals surface area (Å²) < 4.78 is 6.95. The Morgan fingerprint density at radius 1 is 1.43 bits per heavy atom. The molecule has 2 rings (SSSR count). The molecule has 0 fully saturated rings. The number of aromatic nitrogens is 2. The molecule has 3 heteroatoms. The first kappa shape index (κ1) is 9.21. The molecule has 0 N–H and O–H groups in total. The maximum atomic E-state index is 5.03. The summed E-state index contributed by atoms with van der Waals surface area (Å²) in [5.74, 6) is 0. The average Bonchev–Trinajstić information content (AvgIpc) is 2.57. The molecule has 0 aromatic carbocycles. The van der Waals surface area contributed by atoms with Crippen molar-refractivity contribution in [3.05, 3.63) is 35.7 Å². The van der Waals surface area contributed by atoms with Crippen LogP contribution in [0, 0.1) is 6.92 Å². The van der Waals surface area contributed by atoms with Gasteiger partial charge in [-0.3, -0.25) is 0 Å². The Morgan fingerprint density at radius 2 is 2.29 bits per heavy atom. The Morgan fingerprint density at radius 3 is 3.07 bits per heavy atom. The van der Waals surface area contributed by atoms with Crippen molar-refractivity contribution in [2.45, 2.75) is 13.3 Å². The number of pyridine rings is 1. The molecule has 3 nitrogen and oxygen atoms in total. The van der Waals surface area contributed by atoms with E-state index in [9.17, 15) is 0 Å². The lowest BCUT2D eigenvalue weighted by Crippen LogP contribution is -1.97. The third-order valence-corrected chi connectivity index (χ3v) is 2.36. The molecule has 2 aromatic heterocycles. The van der Waals surface area contributed by atoms with Crippen molar-refractivity contribution >= 4 is 5.52 Å². The van der Waals surface area contributed by atoms with Gasteiger partial charge in [0.05, 0.1) is 18.3 Å². The summed E-state index contributed by atoms with van der Waals surface area (Å²) in [5, 5.41) is 4.26. The molecule has 0 atom stereocenters. The molecular formula is C11H14N2O. The van der Waals surface area contributed by atoms with Gasteiger partial charge in [0.1, 0.15) is 0 Å².